The van der Waals surface area contributed by atoms with Crippen LogP contribution < -0.4 is 0 Å². The summed E-state index contributed by atoms with van der Waals surface area (Å²) in [5.74, 6) is 0. The van der Waals surface area contributed by atoms with Crippen molar-refractivity contribution in [3.8, 4) is 0 Å². The molecule has 59 valence electrons. The van der Waals surface area contributed by atoms with E-state index < -0.39 is 6.17 Å². The lowest BCUT2D eigenvalue weighted by atomic mass is 10.1. The van der Waals surface area contributed by atoms with Gasteiger partial charge in [0.15, 0.2) is 0 Å². The van der Waals surface area contributed by atoms with Crippen LogP contribution in [0.15, 0.2) is 0 Å². The van der Waals surface area contributed by atoms with E-state index in [4.69, 9.17) is 0 Å². The molecule has 1 aliphatic rings. The Morgan fingerprint density at radius 1 is 1.50 bits per heavy atom. The molecule has 1 radical (unpaired) electrons. The summed E-state index contributed by atoms with van der Waals surface area (Å²) in [6.07, 6.45) is 3.05. The highest BCUT2D eigenvalue weighted by atomic mass is 19.1. The van der Waals surface area contributed by atoms with Gasteiger partial charge in [0.2, 0.25) is 0 Å². The number of nitrogens with zero attached hydrogens (tertiary/aromatic N) is 1. The number of alkyl halides is 1. The van der Waals surface area contributed by atoms with E-state index in [1.54, 1.807) is 0 Å². The summed E-state index contributed by atoms with van der Waals surface area (Å²) in [5.41, 5.74) is 0. The minimum Gasteiger partial charge on any atom is -0.303 e. The van der Waals surface area contributed by atoms with Crippen LogP contribution in [-0.2, 0) is 0 Å². The van der Waals surface area contributed by atoms with Gasteiger partial charge in [0.1, 0.15) is 6.17 Å². The Hall–Kier alpha value is -0.110. The van der Waals surface area contributed by atoms with E-state index in [2.05, 4.69) is 11.3 Å². The highest BCUT2D eigenvalue weighted by Crippen LogP contribution is 2.12. The fourth-order valence-electron chi connectivity index (χ4n) is 1.34. The van der Waals surface area contributed by atoms with Crippen LogP contribution in [-0.4, -0.2) is 30.7 Å². The second-order valence-electron chi connectivity index (χ2n) is 2.88. The van der Waals surface area contributed by atoms with Crippen molar-refractivity contribution >= 4 is 0 Å². The Balaban J connectivity index is 2.13. The van der Waals surface area contributed by atoms with Crippen LogP contribution in [0.5, 0.6) is 0 Å². The summed E-state index contributed by atoms with van der Waals surface area (Å²) in [7, 11) is 0. The number of likely N-dealkylation sites (tertiary alicyclic amines) is 1. The molecule has 1 aliphatic heterocycles. The molecule has 0 atom stereocenters. The van der Waals surface area contributed by atoms with Crippen molar-refractivity contribution in [1.82, 2.24) is 4.90 Å². The Morgan fingerprint density at radius 2 is 2.10 bits per heavy atom. The molecule has 0 spiro atoms. The van der Waals surface area contributed by atoms with Crippen molar-refractivity contribution in [2.75, 3.05) is 19.6 Å². The van der Waals surface area contributed by atoms with E-state index in [1.807, 2.05) is 6.92 Å². The summed E-state index contributed by atoms with van der Waals surface area (Å²) in [5, 5.41) is 0. The van der Waals surface area contributed by atoms with E-state index in [0.717, 1.165) is 32.5 Å². The smallest absolute Gasteiger partial charge is 0.103 e. The van der Waals surface area contributed by atoms with Crippen molar-refractivity contribution in [1.29, 1.82) is 0 Å². The Labute approximate surface area is 62.2 Å². The monoisotopic (exact) mass is 144 g/mol. The average molecular weight is 144 g/mol. The first kappa shape index (κ1) is 7.99. The lowest BCUT2D eigenvalue weighted by Crippen LogP contribution is -2.34. The fraction of sp³-hybridized carbons (Fsp3) is 0.875. The molecule has 1 saturated heterocycles. The van der Waals surface area contributed by atoms with Crippen LogP contribution in [0.1, 0.15) is 19.8 Å². The van der Waals surface area contributed by atoms with E-state index in [-0.39, 0.29) is 0 Å². The molecule has 1 nitrogen and oxygen atoms in total. The van der Waals surface area contributed by atoms with Crippen LogP contribution in [0.3, 0.4) is 0 Å². The lowest BCUT2D eigenvalue weighted by molar-refractivity contribution is 0.159. The van der Waals surface area contributed by atoms with Gasteiger partial charge in [-0.1, -0.05) is 6.92 Å². The third-order valence-corrected chi connectivity index (χ3v) is 1.96. The molecule has 0 bridgehead atoms. The third-order valence-electron chi connectivity index (χ3n) is 1.96. The molecule has 1 fully saturated rings. The predicted octanol–water partition coefficient (Wildman–Crippen LogP) is 1.64. The number of hydrogen-bond donors (Lipinski definition) is 0. The second kappa shape index (κ2) is 3.91. The fourth-order valence-corrected chi connectivity index (χ4v) is 1.34. The lowest BCUT2D eigenvalue weighted by Gasteiger charge is -2.27. The largest absolute Gasteiger partial charge is 0.303 e. The topological polar surface area (TPSA) is 3.24 Å². The van der Waals surface area contributed by atoms with Gasteiger partial charge in [0, 0.05) is 19.6 Å². The zero-order chi connectivity index (χ0) is 7.40. The molecular formula is C8H15FN. The van der Waals surface area contributed by atoms with Crippen molar-refractivity contribution in [2.24, 2.45) is 0 Å². The normalized spacial score (nSPS) is 23.4. The highest BCUT2D eigenvalue weighted by Gasteiger charge is 2.16. The number of halogens is 1. The standard InChI is InChI=1S/C8H15FN/c1-2-5-10-6-3-8(9)4-7-10/h2,8H,3-7H2,1H3. The molecule has 0 N–H and O–H groups in total. The first-order valence-corrected chi connectivity index (χ1v) is 3.97. The summed E-state index contributed by atoms with van der Waals surface area (Å²) >= 11 is 0. The molecule has 1 heterocycles. The van der Waals surface area contributed by atoms with Gasteiger partial charge >= 0.3 is 0 Å². The molecule has 0 unspecified atom stereocenters. The zero-order valence-corrected chi connectivity index (χ0v) is 6.52. The van der Waals surface area contributed by atoms with Gasteiger partial charge < -0.3 is 4.90 Å². The molecule has 0 aliphatic carbocycles. The molecular weight excluding hydrogens is 129 g/mol. The number of rotatable bonds is 2. The molecule has 0 saturated carbocycles. The molecule has 0 aromatic heterocycles. The molecule has 10 heavy (non-hydrogen) atoms. The van der Waals surface area contributed by atoms with Crippen LogP contribution in [0.25, 0.3) is 0 Å². The van der Waals surface area contributed by atoms with Gasteiger partial charge in [0.05, 0.1) is 0 Å². The quantitative estimate of drug-likeness (QED) is 0.569. The molecule has 2 heteroatoms. The van der Waals surface area contributed by atoms with Gasteiger partial charge in [0.25, 0.3) is 0 Å². The van der Waals surface area contributed by atoms with Gasteiger partial charge in [-0.05, 0) is 19.3 Å². The van der Waals surface area contributed by atoms with E-state index in [0.29, 0.717) is 0 Å². The SMILES string of the molecule is C[CH]CN1CCC(F)CC1. The van der Waals surface area contributed by atoms with Crippen molar-refractivity contribution < 1.29 is 4.39 Å². The van der Waals surface area contributed by atoms with Gasteiger partial charge in [-0.2, -0.15) is 0 Å². The second-order valence-corrected chi connectivity index (χ2v) is 2.88. The first-order chi connectivity index (χ1) is 4.83. The van der Waals surface area contributed by atoms with Crippen LogP contribution in [0.2, 0.25) is 0 Å². The van der Waals surface area contributed by atoms with Crippen LogP contribution >= 0.6 is 0 Å². The van der Waals surface area contributed by atoms with Crippen molar-refractivity contribution in [2.45, 2.75) is 25.9 Å². The Bertz CT molecular complexity index is 87.3. The van der Waals surface area contributed by atoms with Gasteiger partial charge in [-0.15, -0.1) is 0 Å². The minimum atomic E-state index is -0.534. The third kappa shape index (κ3) is 2.25. The maximum atomic E-state index is 12.6. The predicted molar refractivity (Wildman–Crippen MR) is 40.5 cm³/mol. The Morgan fingerprint density at radius 3 is 2.60 bits per heavy atom. The maximum Gasteiger partial charge on any atom is 0.103 e. The van der Waals surface area contributed by atoms with E-state index in [9.17, 15) is 4.39 Å². The minimum absolute atomic E-state index is 0.534. The molecule has 0 amide bonds. The van der Waals surface area contributed by atoms with Gasteiger partial charge in [-0.3, -0.25) is 0 Å². The van der Waals surface area contributed by atoms with Crippen LogP contribution in [0.4, 0.5) is 4.39 Å². The zero-order valence-electron chi connectivity index (χ0n) is 6.52. The molecule has 1 rings (SSSR count). The van der Waals surface area contributed by atoms with Crippen LogP contribution in [0, 0.1) is 6.42 Å². The number of piperidine rings is 1. The van der Waals surface area contributed by atoms with E-state index >= 15 is 0 Å². The first-order valence-electron chi connectivity index (χ1n) is 3.97. The van der Waals surface area contributed by atoms with E-state index in [1.165, 1.54) is 0 Å². The molecule has 0 aromatic rings. The molecule has 0 aromatic carbocycles. The Kier molecular flexibility index (Phi) is 3.13. The average Bonchev–Trinajstić information content (AvgIpc) is 1.95. The maximum absolute atomic E-state index is 12.6. The summed E-state index contributed by atoms with van der Waals surface area (Å²) in [6.45, 7) is 4.94. The summed E-state index contributed by atoms with van der Waals surface area (Å²) in [6, 6.07) is 0. The van der Waals surface area contributed by atoms with Crippen molar-refractivity contribution in [3.05, 3.63) is 6.42 Å². The summed E-state index contributed by atoms with van der Waals surface area (Å²) in [4.78, 5) is 2.29. The summed E-state index contributed by atoms with van der Waals surface area (Å²) < 4.78 is 12.6. The van der Waals surface area contributed by atoms with Gasteiger partial charge in [-0.25, -0.2) is 4.39 Å². The number of hydrogen-bond acceptors (Lipinski definition) is 1. The highest BCUT2D eigenvalue weighted by molar-refractivity contribution is 4.74. The van der Waals surface area contributed by atoms with Crippen molar-refractivity contribution in [3.63, 3.8) is 0 Å².